The molecule has 1 saturated heterocycles. The van der Waals surface area contributed by atoms with E-state index in [0.717, 1.165) is 28.9 Å². The minimum absolute atomic E-state index is 0.130. The zero-order chi connectivity index (χ0) is 23.5. The van der Waals surface area contributed by atoms with Crippen molar-refractivity contribution < 1.29 is 18.7 Å². The molecule has 0 saturated carbocycles. The summed E-state index contributed by atoms with van der Waals surface area (Å²) < 4.78 is 22.9. The first-order valence-electron chi connectivity index (χ1n) is 9.76. The largest absolute Gasteiger partial charge is 0.487 e. The molecule has 0 aliphatic carbocycles. The van der Waals surface area contributed by atoms with Crippen molar-refractivity contribution in [2.45, 2.75) is 13.2 Å². The number of nitrogens with one attached hydrogen (secondary N) is 1. The Bertz CT molecular complexity index is 1240. The van der Waals surface area contributed by atoms with Gasteiger partial charge in [-0.3, -0.25) is 9.69 Å². The van der Waals surface area contributed by atoms with E-state index in [1.165, 1.54) is 9.64 Å². The van der Waals surface area contributed by atoms with E-state index in [2.05, 4.69) is 73.1 Å². The van der Waals surface area contributed by atoms with Crippen molar-refractivity contribution in [3.8, 4) is 5.75 Å². The number of carbonyl (C=O) groups is 2. The number of urea groups is 1. The molecule has 168 valence electrons. The van der Waals surface area contributed by atoms with E-state index in [0.29, 0.717) is 6.61 Å². The molecule has 0 bridgehead atoms. The summed E-state index contributed by atoms with van der Waals surface area (Å²) >= 11 is 6.65. The first kappa shape index (κ1) is 24.4. The molecule has 1 aliphatic rings. The average molecular weight is 780 g/mol. The van der Waals surface area contributed by atoms with Crippen LogP contribution in [0.1, 0.15) is 16.7 Å². The summed E-state index contributed by atoms with van der Waals surface area (Å²) in [5.74, 6) is -0.187. The Morgan fingerprint density at radius 1 is 0.970 bits per heavy atom. The highest BCUT2D eigenvalue weighted by atomic mass is 127. The van der Waals surface area contributed by atoms with E-state index in [1.54, 1.807) is 24.3 Å². The third-order valence-electron chi connectivity index (χ3n) is 4.88. The third kappa shape index (κ3) is 5.85. The van der Waals surface area contributed by atoms with E-state index in [4.69, 9.17) is 4.74 Å². The molecule has 0 atom stereocenters. The van der Waals surface area contributed by atoms with Crippen molar-refractivity contribution in [2.24, 2.45) is 0 Å². The number of amides is 3. The number of imide groups is 1. The van der Waals surface area contributed by atoms with Gasteiger partial charge >= 0.3 is 6.03 Å². The molecule has 3 aromatic rings. The van der Waals surface area contributed by atoms with E-state index in [1.807, 2.05) is 36.4 Å². The molecular weight excluding hydrogens is 764 g/mol. The fraction of sp³-hybridized carbons (Fsp3) is 0.0833. The Labute approximate surface area is 231 Å². The first-order valence-corrected chi connectivity index (χ1v) is 13.0. The van der Waals surface area contributed by atoms with Gasteiger partial charge in [-0.2, -0.15) is 0 Å². The molecule has 3 aromatic carbocycles. The fourth-order valence-electron chi connectivity index (χ4n) is 3.22. The van der Waals surface area contributed by atoms with Crippen LogP contribution >= 0.6 is 67.8 Å². The molecule has 33 heavy (non-hydrogen) atoms. The average Bonchev–Trinajstić information content (AvgIpc) is 3.03. The molecule has 0 unspecified atom stereocenters. The predicted molar refractivity (Wildman–Crippen MR) is 149 cm³/mol. The van der Waals surface area contributed by atoms with Gasteiger partial charge in [-0.15, -0.1) is 0 Å². The molecule has 0 spiro atoms. The Balaban J connectivity index is 1.50. The van der Waals surface area contributed by atoms with Crippen LogP contribution in [0.15, 0.2) is 66.4 Å². The van der Waals surface area contributed by atoms with Crippen LogP contribution in [0.3, 0.4) is 0 Å². The number of rotatable bonds is 6. The van der Waals surface area contributed by atoms with Crippen LogP contribution < -0.4 is 10.1 Å². The lowest BCUT2D eigenvalue weighted by atomic mass is 10.1. The zero-order valence-electron chi connectivity index (χ0n) is 16.9. The molecule has 4 rings (SSSR count). The first-order chi connectivity index (χ1) is 15.8. The third-order valence-corrected chi connectivity index (χ3v) is 7.20. The standard InChI is InChI=1S/C24H16FI3N2O3/c25-18-4-2-1-3-16(18)12-30-23(31)21(29-24(30)32)11-15-9-19(27)22(20(28)10-15)33-13-14-5-7-17(26)8-6-14/h1-11H,12-13H2,(H,29,32)/b21-11+. The van der Waals surface area contributed by atoms with Crippen LogP contribution in [0.2, 0.25) is 0 Å². The number of ether oxygens (including phenoxy) is 1. The SMILES string of the molecule is O=C1N/C(=C/c2cc(I)c(OCc3ccc(I)cc3)c(I)c2)C(=O)N1Cc1ccccc1F. The summed E-state index contributed by atoms with van der Waals surface area (Å²) in [5.41, 5.74) is 2.25. The second kappa shape index (κ2) is 10.7. The summed E-state index contributed by atoms with van der Waals surface area (Å²) in [6.45, 7) is 0.317. The van der Waals surface area contributed by atoms with Gasteiger partial charge in [0.15, 0.2) is 0 Å². The molecule has 3 amide bonds. The highest BCUT2D eigenvalue weighted by molar-refractivity contribution is 14.1. The van der Waals surface area contributed by atoms with Gasteiger partial charge in [0, 0.05) is 9.13 Å². The molecule has 1 fully saturated rings. The highest BCUT2D eigenvalue weighted by Crippen LogP contribution is 2.31. The fourth-order valence-corrected chi connectivity index (χ4v) is 5.70. The second-order valence-electron chi connectivity index (χ2n) is 7.20. The van der Waals surface area contributed by atoms with Crippen LogP contribution in [-0.2, 0) is 17.9 Å². The molecule has 5 nitrogen and oxygen atoms in total. The Morgan fingerprint density at radius 3 is 2.30 bits per heavy atom. The number of hydrogen-bond donors (Lipinski definition) is 1. The number of nitrogens with zero attached hydrogens (tertiary/aromatic N) is 1. The van der Waals surface area contributed by atoms with E-state index >= 15 is 0 Å². The van der Waals surface area contributed by atoms with Crippen molar-refractivity contribution in [1.82, 2.24) is 10.2 Å². The van der Waals surface area contributed by atoms with E-state index in [-0.39, 0.29) is 17.8 Å². The second-order valence-corrected chi connectivity index (χ2v) is 10.8. The van der Waals surface area contributed by atoms with Crippen LogP contribution in [0.25, 0.3) is 6.08 Å². The Hall–Kier alpha value is -1.74. The number of carbonyl (C=O) groups excluding carboxylic acids is 2. The zero-order valence-corrected chi connectivity index (χ0v) is 23.4. The maximum Gasteiger partial charge on any atom is 0.329 e. The van der Waals surface area contributed by atoms with Gasteiger partial charge in [0.1, 0.15) is 23.9 Å². The van der Waals surface area contributed by atoms with Crippen LogP contribution in [0, 0.1) is 16.5 Å². The van der Waals surface area contributed by atoms with Crippen LogP contribution in [-0.4, -0.2) is 16.8 Å². The molecule has 0 aromatic heterocycles. The maximum absolute atomic E-state index is 14.0. The quantitative estimate of drug-likeness (QED) is 0.182. The minimum atomic E-state index is -0.573. The minimum Gasteiger partial charge on any atom is -0.487 e. The van der Waals surface area contributed by atoms with Gasteiger partial charge in [-0.1, -0.05) is 30.3 Å². The van der Waals surface area contributed by atoms with E-state index in [9.17, 15) is 14.0 Å². The number of hydrogen-bond acceptors (Lipinski definition) is 3. The van der Waals surface area contributed by atoms with Crippen molar-refractivity contribution >= 4 is 85.8 Å². The Kier molecular flexibility index (Phi) is 7.89. The smallest absolute Gasteiger partial charge is 0.329 e. The van der Waals surface area contributed by atoms with Gasteiger partial charge < -0.3 is 10.1 Å². The summed E-state index contributed by atoms with van der Waals surface area (Å²) in [4.78, 5) is 26.1. The van der Waals surface area contributed by atoms with Gasteiger partial charge in [-0.05, 0) is 115 Å². The van der Waals surface area contributed by atoms with Gasteiger partial charge in [-0.25, -0.2) is 9.18 Å². The van der Waals surface area contributed by atoms with Gasteiger partial charge in [0.2, 0.25) is 0 Å². The Morgan fingerprint density at radius 2 is 1.64 bits per heavy atom. The summed E-state index contributed by atoms with van der Waals surface area (Å²) in [5, 5.41) is 2.59. The molecule has 1 heterocycles. The lowest BCUT2D eigenvalue weighted by molar-refractivity contribution is -0.123. The van der Waals surface area contributed by atoms with Crippen molar-refractivity contribution in [1.29, 1.82) is 0 Å². The van der Waals surface area contributed by atoms with Gasteiger partial charge in [0.25, 0.3) is 5.91 Å². The predicted octanol–water partition coefficient (Wildman–Crippen LogP) is 6.31. The summed E-state index contributed by atoms with van der Waals surface area (Å²) in [6, 6.07) is 17.4. The van der Waals surface area contributed by atoms with Crippen LogP contribution in [0.4, 0.5) is 9.18 Å². The molecule has 9 heteroatoms. The number of benzene rings is 3. The molecular formula is C24H16FI3N2O3. The van der Waals surface area contributed by atoms with Crippen molar-refractivity contribution in [2.75, 3.05) is 0 Å². The van der Waals surface area contributed by atoms with Crippen LogP contribution in [0.5, 0.6) is 5.75 Å². The lowest BCUT2D eigenvalue weighted by Crippen LogP contribution is -2.30. The maximum atomic E-state index is 14.0. The summed E-state index contributed by atoms with van der Waals surface area (Å²) in [7, 11) is 0. The van der Waals surface area contributed by atoms with Crippen molar-refractivity contribution in [3.63, 3.8) is 0 Å². The topological polar surface area (TPSA) is 58.6 Å². The normalized spacial score (nSPS) is 14.7. The van der Waals surface area contributed by atoms with Gasteiger partial charge in [0.05, 0.1) is 13.7 Å². The molecule has 1 aliphatic heterocycles. The monoisotopic (exact) mass is 780 g/mol. The lowest BCUT2D eigenvalue weighted by Gasteiger charge is -2.12. The van der Waals surface area contributed by atoms with E-state index < -0.39 is 17.8 Å². The number of halogens is 4. The van der Waals surface area contributed by atoms with Crippen molar-refractivity contribution in [3.05, 3.63) is 99.6 Å². The molecule has 1 N–H and O–H groups in total. The summed E-state index contributed by atoms with van der Waals surface area (Å²) in [6.07, 6.45) is 1.62. The highest BCUT2D eigenvalue weighted by Gasteiger charge is 2.34. The molecule has 0 radical (unpaired) electrons.